The summed E-state index contributed by atoms with van der Waals surface area (Å²) in [7, 11) is 3.28. The molecule has 3 fully saturated rings. The lowest BCUT2D eigenvalue weighted by atomic mass is 9.54. The van der Waals surface area contributed by atoms with Gasteiger partial charge in [0.1, 0.15) is 17.4 Å². The molecule has 0 heterocycles. The Morgan fingerprint density at radius 3 is 2.44 bits per heavy atom. The molecule has 1 aromatic rings. The Morgan fingerprint density at radius 2 is 1.82 bits per heavy atom. The fraction of sp³-hybridized carbons (Fsp3) is 0.633. The lowest BCUT2D eigenvalue weighted by molar-refractivity contribution is -0.184. The molecule has 5 rings (SSSR count). The summed E-state index contributed by atoms with van der Waals surface area (Å²) in [4.78, 5) is 41.2. The number of aliphatic hydroxyl groups is 3. The summed E-state index contributed by atoms with van der Waals surface area (Å²) in [6.45, 7) is 1.93. The lowest BCUT2D eigenvalue weighted by Crippen LogP contribution is -2.73. The second-order valence-electron chi connectivity index (χ2n) is 12.4. The van der Waals surface area contributed by atoms with E-state index < -0.39 is 58.7 Å². The second-order valence-corrected chi connectivity index (χ2v) is 12.4. The molecule has 0 saturated heterocycles. The molecule has 9 nitrogen and oxygen atoms in total. The van der Waals surface area contributed by atoms with Crippen LogP contribution in [0.1, 0.15) is 67.2 Å². The minimum atomic E-state index is -2.63. The summed E-state index contributed by atoms with van der Waals surface area (Å²) < 4.78 is 0. The van der Waals surface area contributed by atoms with Gasteiger partial charge in [0, 0.05) is 17.5 Å². The van der Waals surface area contributed by atoms with Crippen molar-refractivity contribution in [2.45, 2.75) is 82.5 Å². The first-order valence-electron chi connectivity index (χ1n) is 14.1. The van der Waals surface area contributed by atoms with E-state index in [1.54, 1.807) is 19.0 Å². The number of Topliss-reactive ketones (excluding diaryl/α,β-unsaturated/α-hetero) is 2. The molecule has 9 heteroatoms. The number of aliphatic hydroxyl groups excluding tert-OH is 2. The predicted molar refractivity (Wildman–Crippen MR) is 144 cm³/mol. The van der Waals surface area contributed by atoms with Gasteiger partial charge in [-0.1, -0.05) is 38.2 Å². The van der Waals surface area contributed by atoms with Gasteiger partial charge in [-0.2, -0.15) is 0 Å². The van der Waals surface area contributed by atoms with Crippen LogP contribution < -0.4 is 5.73 Å². The molecule has 4 aliphatic carbocycles. The van der Waals surface area contributed by atoms with E-state index in [-0.39, 0.29) is 23.3 Å². The first kappa shape index (κ1) is 27.8. The number of ketones is 2. The number of nitrogens with two attached hydrogens (primary N) is 1. The Balaban J connectivity index is 1.57. The molecule has 3 saturated carbocycles. The Bertz CT molecular complexity index is 1250. The zero-order valence-electron chi connectivity index (χ0n) is 22.9. The molecule has 212 valence electrons. The molecule has 1 aromatic carbocycles. The number of phenols is 1. The van der Waals surface area contributed by atoms with Gasteiger partial charge in [0.25, 0.3) is 0 Å². The number of hydrogen-bond acceptors (Lipinski definition) is 8. The van der Waals surface area contributed by atoms with Gasteiger partial charge in [-0.3, -0.25) is 14.4 Å². The highest BCUT2D eigenvalue weighted by molar-refractivity contribution is 6.25. The Labute approximate surface area is 228 Å². The molecular formula is C30H40N2O7. The van der Waals surface area contributed by atoms with Gasteiger partial charge in [0.2, 0.25) is 11.7 Å². The quantitative estimate of drug-likeness (QED) is 0.354. The third-order valence-electron chi connectivity index (χ3n) is 9.94. The summed E-state index contributed by atoms with van der Waals surface area (Å²) >= 11 is 0. The number of rotatable bonds is 5. The molecule has 6 N–H and O–H groups in total. The number of likely N-dealkylation sites (N-methyl/N-ethyl adjacent to an activating group) is 1. The van der Waals surface area contributed by atoms with Gasteiger partial charge in [-0.05, 0) is 75.2 Å². The van der Waals surface area contributed by atoms with E-state index in [9.17, 15) is 34.8 Å². The summed E-state index contributed by atoms with van der Waals surface area (Å²) in [6.07, 6.45) is 6.62. The van der Waals surface area contributed by atoms with Crippen molar-refractivity contribution in [1.82, 2.24) is 4.90 Å². The maximum atomic E-state index is 14.0. The highest BCUT2D eigenvalue weighted by atomic mass is 16.3. The summed E-state index contributed by atoms with van der Waals surface area (Å²) in [5.74, 6) is -6.43. The number of phenolic OH excluding ortho intramolecular Hbond substituents is 1. The number of aryl methyl sites for hydroxylation is 2. The molecule has 0 aromatic heterocycles. The van der Waals surface area contributed by atoms with Gasteiger partial charge in [-0.15, -0.1) is 0 Å². The van der Waals surface area contributed by atoms with Crippen molar-refractivity contribution >= 4 is 23.2 Å². The lowest BCUT2D eigenvalue weighted by Gasteiger charge is -2.53. The third-order valence-corrected chi connectivity index (χ3v) is 9.94. The smallest absolute Gasteiger partial charge is 0.230 e. The van der Waals surface area contributed by atoms with Crippen molar-refractivity contribution < 1.29 is 34.8 Å². The normalized spacial score (nSPS) is 33.1. The second kappa shape index (κ2) is 10.0. The number of carbonyl (C=O) groups is 3. The first-order chi connectivity index (χ1) is 18.4. The van der Waals surface area contributed by atoms with Crippen LogP contribution in [0.25, 0.3) is 5.76 Å². The van der Waals surface area contributed by atoms with Gasteiger partial charge >= 0.3 is 0 Å². The number of carbonyl (C=O) groups excluding carboxylic acids is 3. The maximum absolute atomic E-state index is 14.0. The number of benzene rings is 1. The van der Waals surface area contributed by atoms with Crippen molar-refractivity contribution in [2.75, 3.05) is 14.1 Å². The summed E-state index contributed by atoms with van der Waals surface area (Å²) in [6, 6.07) is 1.07. The largest absolute Gasteiger partial charge is 0.507 e. The topological polar surface area (TPSA) is 161 Å². The van der Waals surface area contributed by atoms with Crippen LogP contribution in [0.4, 0.5) is 0 Å². The molecule has 4 aliphatic rings. The van der Waals surface area contributed by atoms with Crippen molar-refractivity contribution in [3.05, 3.63) is 33.9 Å². The number of fused-ring (bicyclic) bond motifs is 3. The summed E-state index contributed by atoms with van der Waals surface area (Å²) in [5.41, 5.74) is 5.24. The van der Waals surface area contributed by atoms with E-state index in [2.05, 4.69) is 0 Å². The van der Waals surface area contributed by atoms with Crippen molar-refractivity contribution in [1.29, 1.82) is 0 Å². The molecule has 6 atom stereocenters. The van der Waals surface area contributed by atoms with Crippen LogP contribution in [0.2, 0.25) is 0 Å². The number of nitrogens with zero attached hydrogens (tertiary/aromatic N) is 1. The zero-order valence-corrected chi connectivity index (χ0v) is 22.9. The molecule has 39 heavy (non-hydrogen) atoms. The number of amides is 1. The average Bonchev–Trinajstić information content (AvgIpc) is 2.87. The molecule has 0 spiro atoms. The minimum Gasteiger partial charge on any atom is -0.507 e. The van der Waals surface area contributed by atoms with Crippen LogP contribution in [-0.2, 0) is 27.2 Å². The van der Waals surface area contributed by atoms with E-state index >= 15 is 0 Å². The van der Waals surface area contributed by atoms with E-state index in [1.807, 2.05) is 13.0 Å². The van der Waals surface area contributed by atoms with E-state index in [0.29, 0.717) is 24.3 Å². The fourth-order valence-corrected chi connectivity index (χ4v) is 7.95. The molecule has 6 unspecified atom stereocenters. The number of aromatic hydroxyl groups is 1. The van der Waals surface area contributed by atoms with Crippen LogP contribution in [0.3, 0.4) is 0 Å². The fourth-order valence-electron chi connectivity index (χ4n) is 7.95. The van der Waals surface area contributed by atoms with Crippen molar-refractivity contribution in [3.8, 4) is 5.75 Å². The predicted octanol–water partition coefficient (Wildman–Crippen LogP) is 1.95. The zero-order chi connectivity index (χ0) is 28.4. The molecule has 0 aliphatic heterocycles. The standard InChI is InChI=1S/C30H40N2O7/c1-14-11-16(10-9-15-7-5-4-6-8-15)24(33)21-18(14)12-17-13-19-23(32(2)3)26(35)22(29(31)38)28(37)30(19,39)27(36)20(17)25(21)34/h11,15,17,19,22-23,26,33-35,39H,4-10,12-13H2,1-3H3,(H2,31,38). The van der Waals surface area contributed by atoms with Crippen LogP contribution in [0.15, 0.2) is 11.6 Å². The molecule has 0 radical (unpaired) electrons. The highest BCUT2D eigenvalue weighted by Crippen LogP contribution is 2.53. The SMILES string of the molecule is Cc1cc(CCC2CCCCC2)c(O)c2c1CC1CC3C(N(C)C)C(O)C(C(N)=O)C(=O)C3(O)C(=O)C1=C2O. The number of primary amides is 1. The van der Waals surface area contributed by atoms with Gasteiger partial charge in [-0.25, -0.2) is 0 Å². The van der Waals surface area contributed by atoms with Gasteiger partial charge in [0.15, 0.2) is 11.4 Å². The van der Waals surface area contributed by atoms with E-state index in [1.165, 1.54) is 32.1 Å². The van der Waals surface area contributed by atoms with Crippen molar-refractivity contribution in [3.63, 3.8) is 0 Å². The van der Waals surface area contributed by atoms with Gasteiger partial charge in [0.05, 0.1) is 11.7 Å². The third kappa shape index (κ3) is 4.21. The summed E-state index contributed by atoms with van der Waals surface area (Å²) in [5, 5.41) is 45.5. The first-order valence-corrected chi connectivity index (χ1v) is 14.1. The Hall–Kier alpha value is -2.75. The Kier molecular flexibility index (Phi) is 7.14. The maximum Gasteiger partial charge on any atom is 0.230 e. The molecule has 1 amide bonds. The average molecular weight is 541 g/mol. The van der Waals surface area contributed by atoms with Crippen LogP contribution in [0.5, 0.6) is 5.75 Å². The van der Waals surface area contributed by atoms with E-state index in [0.717, 1.165) is 17.5 Å². The minimum absolute atomic E-state index is 0.0663. The molecule has 0 bridgehead atoms. The highest BCUT2D eigenvalue weighted by Gasteiger charge is 2.67. The van der Waals surface area contributed by atoms with Crippen LogP contribution in [-0.4, -0.2) is 74.6 Å². The Morgan fingerprint density at radius 1 is 1.15 bits per heavy atom. The molecular weight excluding hydrogens is 500 g/mol. The monoisotopic (exact) mass is 540 g/mol. The van der Waals surface area contributed by atoms with Gasteiger partial charge < -0.3 is 31.1 Å². The van der Waals surface area contributed by atoms with Crippen LogP contribution >= 0.6 is 0 Å². The number of hydrogen-bond donors (Lipinski definition) is 5. The van der Waals surface area contributed by atoms with Crippen molar-refractivity contribution in [2.24, 2.45) is 29.4 Å². The van der Waals surface area contributed by atoms with Crippen LogP contribution in [0, 0.1) is 30.6 Å². The van der Waals surface area contributed by atoms with E-state index in [4.69, 9.17) is 5.73 Å².